The van der Waals surface area contributed by atoms with Crippen LogP contribution in [0.3, 0.4) is 0 Å². The summed E-state index contributed by atoms with van der Waals surface area (Å²) in [5.74, 6) is 0.881. The fourth-order valence-corrected chi connectivity index (χ4v) is 2.35. The molecule has 0 bridgehead atoms. The van der Waals surface area contributed by atoms with Crippen LogP contribution in [0.4, 0.5) is 0 Å². The number of benzene rings is 1. The van der Waals surface area contributed by atoms with Gasteiger partial charge in [0.25, 0.3) is 0 Å². The molecule has 0 radical (unpaired) electrons. The second kappa shape index (κ2) is 5.05. The van der Waals surface area contributed by atoms with Crippen LogP contribution in [0.2, 0.25) is 0 Å². The molecule has 0 aliphatic carbocycles. The Morgan fingerprint density at radius 2 is 2.11 bits per heavy atom. The van der Waals surface area contributed by atoms with Crippen LogP contribution >= 0.6 is 15.9 Å². The first-order chi connectivity index (χ1) is 9.26. The summed E-state index contributed by atoms with van der Waals surface area (Å²) < 4.78 is 8.42. The van der Waals surface area contributed by atoms with E-state index in [1.54, 1.807) is 7.11 Å². The minimum Gasteiger partial charge on any atom is -0.497 e. The molecule has 4 heteroatoms. The highest BCUT2D eigenvalue weighted by atomic mass is 79.9. The van der Waals surface area contributed by atoms with E-state index in [1.165, 1.54) is 10.9 Å². The van der Waals surface area contributed by atoms with Gasteiger partial charge in [0.05, 0.1) is 19.3 Å². The van der Waals surface area contributed by atoms with Gasteiger partial charge < -0.3 is 9.30 Å². The van der Waals surface area contributed by atoms with Gasteiger partial charge >= 0.3 is 0 Å². The van der Waals surface area contributed by atoms with E-state index in [4.69, 9.17) is 4.74 Å². The molecule has 0 fully saturated rings. The third-order valence-corrected chi connectivity index (χ3v) is 3.57. The first kappa shape index (κ1) is 12.2. The first-order valence-electron chi connectivity index (χ1n) is 5.99. The lowest BCUT2D eigenvalue weighted by molar-refractivity contribution is 0.415. The molecule has 2 aromatic heterocycles. The minimum atomic E-state index is 0.767. The second-order valence-electron chi connectivity index (χ2n) is 4.34. The number of hydrogen-bond acceptors (Lipinski definition) is 2. The first-order valence-corrected chi connectivity index (χ1v) is 6.79. The number of rotatable bonds is 3. The molecule has 0 spiro atoms. The summed E-state index contributed by atoms with van der Waals surface area (Å²) in [6.45, 7) is 0.767. The van der Waals surface area contributed by atoms with Gasteiger partial charge in [-0.25, -0.2) is 0 Å². The van der Waals surface area contributed by atoms with Gasteiger partial charge in [0.2, 0.25) is 0 Å². The maximum Gasteiger partial charge on any atom is 0.119 e. The summed E-state index contributed by atoms with van der Waals surface area (Å²) in [6.07, 6.45) is 3.90. The number of fused-ring (bicyclic) bond motifs is 1. The molecule has 0 N–H and O–H groups in total. The number of halogens is 1. The molecule has 19 heavy (non-hydrogen) atoms. The fraction of sp³-hybridized carbons (Fsp3) is 0.133. The van der Waals surface area contributed by atoms with Gasteiger partial charge in [0, 0.05) is 27.8 Å². The van der Waals surface area contributed by atoms with Crippen LogP contribution in [0.15, 0.2) is 53.3 Å². The number of hydrogen-bond donors (Lipinski definition) is 0. The van der Waals surface area contributed by atoms with Gasteiger partial charge in [-0.15, -0.1) is 0 Å². The lowest BCUT2D eigenvalue weighted by Crippen LogP contribution is -1.99. The average molecular weight is 317 g/mol. The van der Waals surface area contributed by atoms with Gasteiger partial charge in [-0.2, -0.15) is 0 Å². The smallest absolute Gasteiger partial charge is 0.119 e. The predicted molar refractivity (Wildman–Crippen MR) is 79.5 cm³/mol. The lowest BCUT2D eigenvalue weighted by Gasteiger charge is -2.06. The largest absolute Gasteiger partial charge is 0.497 e. The van der Waals surface area contributed by atoms with E-state index in [0.29, 0.717) is 0 Å². The standard InChI is InChI=1S/C15H13BrN2O/c1-19-14-4-5-15-11(8-14)6-7-18(15)10-13-3-2-12(16)9-17-13/h2-9H,10H2,1H3. The highest BCUT2D eigenvalue weighted by molar-refractivity contribution is 9.10. The quantitative estimate of drug-likeness (QED) is 0.733. The number of pyridine rings is 1. The van der Waals surface area contributed by atoms with E-state index in [0.717, 1.165) is 22.5 Å². The Balaban J connectivity index is 1.95. The summed E-state index contributed by atoms with van der Waals surface area (Å²) >= 11 is 3.40. The van der Waals surface area contributed by atoms with Crippen LogP contribution < -0.4 is 4.74 Å². The number of aromatic nitrogens is 2. The Bertz CT molecular complexity index is 704. The molecule has 96 valence electrons. The van der Waals surface area contributed by atoms with E-state index in [-0.39, 0.29) is 0 Å². The summed E-state index contributed by atoms with van der Waals surface area (Å²) in [5, 5.41) is 1.18. The SMILES string of the molecule is COc1ccc2c(ccn2Cc2ccc(Br)cn2)c1. The van der Waals surface area contributed by atoms with Crippen molar-refractivity contribution in [3.8, 4) is 5.75 Å². The van der Waals surface area contributed by atoms with Crippen molar-refractivity contribution >= 4 is 26.8 Å². The Kier molecular flexibility index (Phi) is 3.25. The number of ether oxygens (including phenoxy) is 1. The summed E-state index contributed by atoms with van der Waals surface area (Å²) in [5.41, 5.74) is 2.22. The molecule has 2 heterocycles. The van der Waals surface area contributed by atoms with Crippen molar-refractivity contribution in [2.24, 2.45) is 0 Å². The zero-order valence-electron chi connectivity index (χ0n) is 10.5. The number of nitrogens with zero attached hydrogens (tertiary/aromatic N) is 2. The molecular weight excluding hydrogens is 304 g/mol. The molecule has 3 rings (SSSR count). The molecule has 3 nitrogen and oxygen atoms in total. The Morgan fingerprint density at radius 3 is 2.84 bits per heavy atom. The Morgan fingerprint density at radius 1 is 1.21 bits per heavy atom. The molecule has 0 saturated heterocycles. The monoisotopic (exact) mass is 316 g/mol. The summed E-state index contributed by atoms with van der Waals surface area (Å²) in [7, 11) is 1.68. The predicted octanol–water partition coefficient (Wildman–Crippen LogP) is 3.86. The topological polar surface area (TPSA) is 27.1 Å². The highest BCUT2D eigenvalue weighted by Gasteiger charge is 2.04. The molecule has 1 aromatic carbocycles. The molecule has 0 amide bonds. The van der Waals surface area contributed by atoms with Crippen LogP contribution in [0.5, 0.6) is 5.75 Å². The third kappa shape index (κ3) is 2.49. The van der Waals surface area contributed by atoms with Gasteiger partial charge in [-0.3, -0.25) is 4.98 Å². The summed E-state index contributed by atoms with van der Waals surface area (Å²) in [4.78, 5) is 4.40. The van der Waals surface area contributed by atoms with Crippen LogP contribution in [-0.4, -0.2) is 16.7 Å². The molecule has 3 aromatic rings. The van der Waals surface area contributed by atoms with Gasteiger partial charge in [0.15, 0.2) is 0 Å². The van der Waals surface area contributed by atoms with E-state index >= 15 is 0 Å². The second-order valence-corrected chi connectivity index (χ2v) is 5.25. The van der Waals surface area contributed by atoms with Crippen LogP contribution in [-0.2, 0) is 6.54 Å². The number of methoxy groups -OCH3 is 1. The molecule has 0 aliphatic rings. The van der Waals surface area contributed by atoms with Crippen molar-refractivity contribution in [1.82, 2.24) is 9.55 Å². The molecule has 0 saturated carbocycles. The fourth-order valence-electron chi connectivity index (χ4n) is 2.12. The van der Waals surface area contributed by atoms with Crippen molar-refractivity contribution < 1.29 is 4.74 Å². The Hall–Kier alpha value is -1.81. The van der Waals surface area contributed by atoms with Gasteiger partial charge in [-0.05, 0) is 52.3 Å². The molecule has 0 atom stereocenters. The van der Waals surface area contributed by atoms with E-state index < -0.39 is 0 Å². The van der Waals surface area contributed by atoms with Crippen molar-refractivity contribution in [2.45, 2.75) is 6.54 Å². The van der Waals surface area contributed by atoms with Crippen molar-refractivity contribution in [3.63, 3.8) is 0 Å². The van der Waals surface area contributed by atoms with Gasteiger partial charge in [0.1, 0.15) is 5.75 Å². The van der Waals surface area contributed by atoms with E-state index in [9.17, 15) is 0 Å². The third-order valence-electron chi connectivity index (χ3n) is 3.10. The van der Waals surface area contributed by atoms with Crippen LogP contribution in [0.25, 0.3) is 10.9 Å². The average Bonchev–Trinajstić information content (AvgIpc) is 2.83. The van der Waals surface area contributed by atoms with Crippen molar-refractivity contribution in [3.05, 3.63) is 59.0 Å². The van der Waals surface area contributed by atoms with Crippen LogP contribution in [0, 0.1) is 0 Å². The van der Waals surface area contributed by atoms with Crippen LogP contribution in [0.1, 0.15) is 5.69 Å². The maximum atomic E-state index is 5.24. The van der Waals surface area contributed by atoms with Crippen molar-refractivity contribution in [1.29, 1.82) is 0 Å². The Labute approximate surface area is 120 Å². The zero-order chi connectivity index (χ0) is 13.2. The van der Waals surface area contributed by atoms with Crippen molar-refractivity contribution in [2.75, 3.05) is 7.11 Å². The van der Waals surface area contributed by atoms with E-state index in [2.05, 4.69) is 43.8 Å². The maximum absolute atomic E-state index is 5.24. The van der Waals surface area contributed by atoms with Gasteiger partial charge in [-0.1, -0.05) is 0 Å². The molecular formula is C15H13BrN2O. The summed E-state index contributed by atoms with van der Waals surface area (Å²) in [6, 6.07) is 12.2. The highest BCUT2D eigenvalue weighted by Crippen LogP contribution is 2.22. The van der Waals surface area contributed by atoms with E-state index in [1.807, 2.05) is 30.5 Å². The minimum absolute atomic E-state index is 0.767. The molecule has 0 aliphatic heterocycles. The zero-order valence-corrected chi connectivity index (χ0v) is 12.1. The molecule has 0 unspecified atom stereocenters. The normalized spacial score (nSPS) is 10.8. The lowest BCUT2D eigenvalue weighted by atomic mass is 10.2.